The molecule has 0 aliphatic heterocycles. The predicted octanol–water partition coefficient (Wildman–Crippen LogP) is 4.81. The fraction of sp³-hybridized carbons (Fsp3) is 0.478. The summed E-state index contributed by atoms with van der Waals surface area (Å²) in [7, 11) is 0. The Kier molecular flexibility index (Phi) is 8.09. The van der Waals surface area contributed by atoms with Crippen molar-refractivity contribution in [3.8, 4) is 0 Å². The molecule has 1 aromatic heterocycles. The van der Waals surface area contributed by atoms with Gasteiger partial charge in [-0.1, -0.05) is 42.3 Å². The lowest BCUT2D eigenvalue weighted by Gasteiger charge is -2.31. The minimum atomic E-state index is -0.771. The van der Waals surface area contributed by atoms with Crippen molar-refractivity contribution in [2.75, 3.05) is 11.4 Å². The minimum Gasteiger partial charge on any atom is -0.481 e. The van der Waals surface area contributed by atoms with Crippen LogP contribution in [0.2, 0.25) is 10.3 Å². The fourth-order valence-corrected chi connectivity index (χ4v) is 4.78. The number of carboxylic acids is 1. The van der Waals surface area contributed by atoms with Crippen LogP contribution in [0.15, 0.2) is 30.6 Å². The lowest BCUT2D eigenvalue weighted by molar-refractivity contribution is -0.143. The topological polar surface area (TPSA) is 104 Å². The predicted molar refractivity (Wildman–Crippen MR) is 123 cm³/mol. The van der Waals surface area contributed by atoms with Crippen molar-refractivity contribution >= 4 is 40.8 Å². The Morgan fingerprint density at radius 1 is 1.06 bits per heavy atom. The average Bonchev–Trinajstić information content (AvgIpc) is 2.77. The second-order valence-electron chi connectivity index (χ2n) is 8.43. The van der Waals surface area contributed by atoms with Gasteiger partial charge in [0.25, 0.3) is 5.91 Å². The van der Waals surface area contributed by atoms with E-state index >= 15 is 0 Å². The van der Waals surface area contributed by atoms with Crippen molar-refractivity contribution in [2.45, 2.75) is 51.6 Å². The number of carbonyl (C=O) groups excluding carboxylic acids is 1. The molecule has 1 saturated carbocycles. The van der Waals surface area contributed by atoms with Crippen LogP contribution in [-0.4, -0.2) is 44.7 Å². The standard InChI is InChI=1S/C23H27Cl2N3O4/c1-13(29)11-28(22(30)19-20(24)26-12-27-21(19)25)18-9-7-17(8-10-18)16-5-3-15(4-6-16)14(2)23(31)32/h7-10,12-16,29H,3-6,11H2,1-2H3,(H,31,32). The maximum Gasteiger partial charge on any atom is 0.306 e. The third-order valence-electron chi connectivity index (χ3n) is 6.21. The molecule has 1 aliphatic rings. The highest BCUT2D eigenvalue weighted by atomic mass is 35.5. The molecule has 0 radical (unpaired) electrons. The highest BCUT2D eigenvalue weighted by molar-refractivity contribution is 6.39. The van der Waals surface area contributed by atoms with E-state index in [0.717, 1.165) is 31.2 Å². The monoisotopic (exact) mass is 479 g/mol. The summed E-state index contributed by atoms with van der Waals surface area (Å²) in [6.07, 6.45) is 4.05. The molecule has 0 bridgehead atoms. The summed E-state index contributed by atoms with van der Waals surface area (Å²) >= 11 is 12.2. The molecule has 0 saturated heterocycles. The van der Waals surface area contributed by atoms with Gasteiger partial charge in [-0.25, -0.2) is 9.97 Å². The highest BCUT2D eigenvalue weighted by Crippen LogP contribution is 2.39. The SMILES string of the molecule is CC(O)CN(C(=O)c1c(Cl)ncnc1Cl)c1ccc(C2CCC(C(C)C(=O)O)CC2)cc1. The molecule has 7 nitrogen and oxygen atoms in total. The van der Waals surface area contributed by atoms with Crippen molar-refractivity contribution < 1.29 is 19.8 Å². The molecule has 1 amide bonds. The fourth-order valence-electron chi connectivity index (χ4n) is 4.31. The number of carbonyl (C=O) groups is 2. The maximum atomic E-state index is 13.2. The summed E-state index contributed by atoms with van der Waals surface area (Å²) in [6, 6.07) is 7.64. The highest BCUT2D eigenvalue weighted by Gasteiger charge is 2.30. The number of halogens is 2. The van der Waals surface area contributed by atoms with Crippen molar-refractivity contribution in [2.24, 2.45) is 11.8 Å². The molecular weight excluding hydrogens is 453 g/mol. The molecule has 1 aliphatic carbocycles. The Morgan fingerprint density at radius 3 is 2.12 bits per heavy atom. The zero-order valence-electron chi connectivity index (χ0n) is 18.0. The Bertz CT molecular complexity index is 940. The summed E-state index contributed by atoms with van der Waals surface area (Å²) in [6.45, 7) is 3.43. The zero-order chi connectivity index (χ0) is 23.4. The van der Waals surface area contributed by atoms with Crippen molar-refractivity contribution in [1.82, 2.24) is 9.97 Å². The third-order valence-corrected chi connectivity index (χ3v) is 6.78. The van der Waals surface area contributed by atoms with Gasteiger partial charge in [-0.2, -0.15) is 0 Å². The first-order chi connectivity index (χ1) is 15.2. The molecule has 2 aromatic rings. The summed E-state index contributed by atoms with van der Waals surface area (Å²) < 4.78 is 0. The molecule has 0 spiro atoms. The number of nitrogens with zero attached hydrogens (tertiary/aromatic N) is 3. The van der Waals surface area contributed by atoms with Gasteiger partial charge >= 0.3 is 5.97 Å². The molecule has 1 heterocycles. The van der Waals surface area contributed by atoms with Crippen LogP contribution in [0.25, 0.3) is 0 Å². The van der Waals surface area contributed by atoms with Crippen LogP contribution in [0, 0.1) is 11.8 Å². The number of hydrogen-bond acceptors (Lipinski definition) is 5. The van der Waals surface area contributed by atoms with Gasteiger partial charge < -0.3 is 15.1 Å². The van der Waals surface area contributed by atoms with Crippen molar-refractivity contribution in [3.63, 3.8) is 0 Å². The van der Waals surface area contributed by atoms with Crippen LogP contribution in [0.5, 0.6) is 0 Å². The first-order valence-electron chi connectivity index (χ1n) is 10.7. The molecule has 1 aromatic carbocycles. The van der Waals surface area contributed by atoms with E-state index in [9.17, 15) is 19.8 Å². The van der Waals surface area contributed by atoms with Gasteiger partial charge in [0.1, 0.15) is 22.2 Å². The normalized spacial score (nSPS) is 20.4. The van der Waals surface area contributed by atoms with E-state index in [1.807, 2.05) is 24.3 Å². The maximum absolute atomic E-state index is 13.2. The number of rotatable bonds is 7. The largest absolute Gasteiger partial charge is 0.481 e. The van der Waals surface area contributed by atoms with Gasteiger partial charge in [0.2, 0.25) is 0 Å². The van der Waals surface area contributed by atoms with Crippen molar-refractivity contribution in [1.29, 1.82) is 0 Å². The summed E-state index contributed by atoms with van der Waals surface area (Å²) in [5, 5.41) is 19.1. The molecule has 172 valence electrons. The number of aromatic nitrogens is 2. The summed E-state index contributed by atoms with van der Waals surface area (Å²) in [5.74, 6) is -0.973. The number of carboxylic acid groups (broad SMARTS) is 1. The average molecular weight is 480 g/mol. The number of hydrogen-bond donors (Lipinski definition) is 2. The first kappa shape index (κ1) is 24.4. The third kappa shape index (κ3) is 5.57. The van der Waals surface area contributed by atoms with Gasteiger partial charge in [0.15, 0.2) is 0 Å². The molecule has 2 atom stereocenters. The van der Waals surface area contributed by atoms with Gasteiger partial charge in [-0.3, -0.25) is 9.59 Å². The van der Waals surface area contributed by atoms with Crippen LogP contribution in [-0.2, 0) is 4.79 Å². The van der Waals surface area contributed by atoms with Crippen LogP contribution < -0.4 is 4.90 Å². The number of aliphatic hydroxyl groups is 1. The van der Waals surface area contributed by atoms with Gasteiger partial charge in [-0.15, -0.1) is 0 Å². The Morgan fingerprint density at radius 2 is 1.62 bits per heavy atom. The minimum absolute atomic E-state index is 0.00793. The molecule has 9 heteroatoms. The summed E-state index contributed by atoms with van der Waals surface area (Å²) in [5.41, 5.74) is 1.74. The number of aliphatic hydroxyl groups excluding tert-OH is 1. The number of benzene rings is 1. The lowest BCUT2D eigenvalue weighted by Crippen LogP contribution is -2.37. The molecule has 2 unspecified atom stereocenters. The van der Waals surface area contributed by atoms with E-state index in [4.69, 9.17) is 23.2 Å². The molecule has 1 fully saturated rings. The zero-order valence-corrected chi connectivity index (χ0v) is 19.6. The first-order valence-corrected chi connectivity index (χ1v) is 11.4. The Labute approximate surface area is 197 Å². The Balaban J connectivity index is 1.77. The lowest BCUT2D eigenvalue weighted by atomic mass is 9.74. The van der Waals surface area contributed by atoms with E-state index in [0.29, 0.717) is 11.6 Å². The van der Waals surface area contributed by atoms with E-state index in [2.05, 4.69) is 9.97 Å². The molecule has 2 N–H and O–H groups in total. The smallest absolute Gasteiger partial charge is 0.306 e. The number of amides is 1. The molecule has 3 rings (SSSR count). The molecular formula is C23H27Cl2N3O4. The van der Waals surface area contributed by atoms with Crippen LogP contribution >= 0.6 is 23.2 Å². The van der Waals surface area contributed by atoms with E-state index in [1.165, 1.54) is 11.2 Å². The number of aliphatic carboxylic acids is 1. The quantitative estimate of drug-likeness (QED) is 0.552. The number of anilines is 1. The van der Waals surface area contributed by atoms with Crippen LogP contribution in [0.4, 0.5) is 5.69 Å². The van der Waals surface area contributed by atoms with E-state index in [1.54, 1.807) is 13.8 Å². The van der Waals surface area contributed by atoms with Gasteiger partial charge in [0, 0.05) is 5.69 Å². The van der Waals surface area contributed by atoms with Gasteiger partial charge in [0.05, 0.1) is 18.6 Å². The second kappa shape index (κ2) is 10.6. The van der Waals surface area contributed by atoms with Crippen LogP contribution in [0.1, 0.15) is 61.4 Å². The van der Waals surface area contributed by atoms with E-state index < -0.39 is 18.0 Å². The summed E-state index contributed by atoms with van der Waals surface area (Å²) in [4.78, 5) is 33.5. The second-order valence-corrected chi connectivity index (χ2v) is 9.14. The Hall–Kier alpha value is -2.22. The van der Waals surface area contributed by atoms with Gasteiger partial charge in [-0.05, 0) is 62.1 Å². The van der Waals surface area contributed by atoms with Crippen molar-refractivity contribution in [3.05, 3.63) is 52.0 Å². The van der Waals surface area contributed by atoms with Crippen LogP contribution in [0.3, 0.4) is 0 Å². The van der Waals surface area contributed by atoms with E-state index in [-0.39, 0.29) is 34.3 Å². The molecule has 32 heavy (non-hydrogen) atoms.